The summed E-state index contributed by atoms with van der Waals surface area (Å²) in [4.78, 5) is 31.8. The zero-order valence-electron chi connectivity index (χ0n) is 17.2. The fraction of sp³-hybridized carbons (Fsp3) is 0.500. The first-order valence-electron chi connectivity index (χ1n) is 11.0. The van der Waals surface area contributed by atoms with Crippen molar-refractivity contribution in [1.29, 1.82) is 0 Å². The lowest BCUT2D eigenvalue weighted by Crippen LogP contribution is -2.56. The first-order valence-corrected chi connectivity index (χ1v) is 11.9. The minimum absolute atomic E-state index is 0.0272. The molecule has 1 atom stereocenters. The molecule has 1 aromatic heterocycles. The van der Waals surface area contributed by atoms with Crippen molar-refractivity contribution in [2.45, 2.75) is 50.2 Å². The van der Waals surface area contributed by atoms with Gasteiger partial charge in [0.15, 0.2) is 0 Å². The molecule has 1 unspecified atom stereocenters. The van der Waals surface area contributed by atoms with Crippen LogP contribution >= 0.6 is 11.3 Å². The van der Waals surface area contributed by atoms with Gasteiger partial charge in [0.05, 0.1) is 12.2 Å². The molecule has 5 rings (SSSR count). The molecule has 0 N–H and O–H groups in total. The van der Waals surface area contributed by atoms with Crippen LogP contribution in [0.5, 0.6) is 0 Å². The summed E-state index contributed by atoms with van der Waals surface area (Å²) in [5, 5.41) is 2.16. The van der Waals surface area contributed by atoms with Crippen LogP contribution in [-0.4, -0.2) is 53.9 Å². The van der Waals surface area contributed by atoms with Gasteiger partial charge in [-0.15, -0.1) is 11.3 Å². The molecule has 0 saturated carbocycles. The molecule has 2 aromatic rings. The van der Waals surface area contributed by atoms with Crippen LogP contribution in [0.2, 0.25) is 0 Å². The maximum absolute atomic E-state index is 13.5. The van der Waals surface area contributed by atoms with Gasteiger partial charge >= 0.3 is 0 Å². The molecule has 4 heterocycles. The first-order chi connectivity index (χ1) is 14.7. The Kier molecular flexibility index (Phi) is 5.37. The predicted octanol–water partition coefficient (Wildman–Crippen LogP) is 3.83. The molecule has 6 heteroatoms. The maximum Gasteiger partial charge on any atom is 0.254 e. The molecule has 2 amide bonds. The van der Waals surface area contributed by atoms with E-state index in [4.69, 9.17) is 4.74 Å². The maximum atomic E-state index is 13.5. The lowest BCUT2D eigenvalue weighted by Gasteiger charge is -2.45. The highest BCUT2D eigenvalue weighted by Gasteiger charge is 2.44. The fourth-order valence-corrected chi connectivity index (χ4v) is 6.20. The Labute approximate surface area is 181 Å². The molecule has 0 bridgehead atoms. The van der Waals surface area contributed by atoms with Gasteiger partial charge in [-0.25, -0.2) is 0 Å². The van der Waals surface area contributed by atoms with Crippen molar-refractivity contribution in [3.63, 3.8) is 0 Å². The predicted molar refractivity (Wildman–Crippen MR) is 117 cm³/mol. The minimum Gasteiger partial charge on any atom is -0.370 e. The van der Waals surface area contributed by atoms with Crippen molar-refractivity contribution in [3.8, 4) is 0 Å². The fourth-order valence-electron chi connectivity index (χ4n) is 5.25. The Bertz CT molecular complexity index is 918. The summed E-state index contributed by atoms with van der Waals surface area (Å²) in [5.74, 6) is 0.0795. The first kappa shape index (κ1) is 19.8. The van der Waals surface area contributed by atoms with E-state index in [2.05, 4.69) is 11.4 Å². The Hall–Kier alpha value is -2.18. The largest absolute Gasteiger partial charge is 0.370 e. The minimum atomic E-state index is -0.343. The number of ether oxygens (including phenoxy) is 1. The number of carbonyl (C=O) groups is 2. The number of hydrogen-bond donors (Lipinski definition) is 0. The number of rotatable bonds is 2. The Balaban J connectivity index is 1.30. The zero-order chi connectivity index (χ0) is 20.6. The van der Waals surface area contributed by atoms with Gasteiger partial charge in [0.1, 0.15) is 6.04 Å². The molecule has 3 aliphatic rings. The summed E-state index contributed by atoms with van der Waals surface area (Å²) in [7, 11) is 0. The number of amides is 2. The number of hydrogen-bond acceptors (Lipinski definition) is 4. The molecule has 3 aliphatic heterocycles. The van der Waals surface area contributed by atoms with Gasteiger partial charge in [-0.3, -0.25) is 9.59 Å². The Morgan fingerprint density at radius 1 is 1.03 bits per heavy atom. The summed E-state index contributed by atoms with van der Waals surface area (Å²) >= 11 is 1.82. The molecule has 30 heavy (non-hydrogen) atoms. The topological polar surface area (TPSA) is 49.9 Å². The van der Waals surface area contributed by atoms with Gasteiger partial charge in [0.2, 0.25) is 5.91 Å². The summed E-state index contributed by atoms with van der Waals surface area (Å²) in [6.45, 7) is 2.81. The van der Waals surface area contributed by atoms with Crippen LogP contribution in [0.15, 0.2) is 41.8 Å². The van der Waals surface area contributed by atoms with E-state index in [0.717, 1.165) is 45.1 Å². The monoisotopic (exact) mass is 424 g/mol. The molecule has 0 aliphatic carbocycles. The average Bonchev–Trinajstić information content (AvgIpc) is 3.30. The van der Waals surface area contributed by atoms with E-state index in [1.807, 2.05) is 46.6 Å². The van der Waals surface area contributed by atoms with Crippen LogP contribution in [-0.2, 0) is 21.6 Å². The molecular formula is C24H28N2O3S. The van der Waals surface area contributed by atoms with Crippen molar-refractivity contribution in [2.24, 2.45) is 0 Å². The Morgan fingerprint density at radius 3 is 2.63 bits per heavy atom. The molecule has 2 fully saturated rings. The van der Waals surface area contributed by atoms with E-state index in [-0.39, 0.29) is 23.5 Å². The summed E-state index contributed by atoms with van der Waals surface area (Å²) < 4.78 is 6.29. The van der Waals surface area contributed by atoms with Gasteiger partial charge in [-0.1, -0.05) is 18.2 Å². The van der Waals surface area contributed by atoms with Crippen molar-refractivity contribution in [1.82, 2.24) is 9.80 Å². The quantitative estimate of drug-likeness (QED) is 0.736. The van der Waals surface area contributed by atoms with E-state index in [9.17, 15) is 9.59 Å². The zero-order valence-corrected chi connectivity index (χ0v) is 18.0. The lowest BCUT2D eigenvalue weighted by molar-refractivity contribution is -0.146. The highest BCUT2D eigenvalue weighted by atomic mass is 32.1. The number of thiophene rings is 1. The molecule has 158 valence electrons. The van der Waals surface area contributed by atoms with Crippen LogP contribution in [0.1, 0.15) is 52.9 Å². The average molecular weight is 425 g/mol. The van der Waals surface area contributed by atoms with Crippen LogP contribution in [0, 0.1) is 0 Å². The van der Waals surface area contributed by atoms with E-state index >= 15 is 0 Å². The number of benzene rings is 1. The molecule has 0 radical (unpaired) electrons. The third-order valence-electron chi connectivity index (χ3n) is 6.90. The Morgan fingerprint density at radius 2 is 1.83 bits per heavy atom. The van der Waals surface area contributed by atoms with Crippen LogP contribution < -0.4 is 0 Å². The van der Waals surface area contributed by atoms with Crippen molar-refractivity contribution in [2.75, 3.05) is 26.2 Å². The summed E-state index contributed by atoms with van der Waals surface area (Å²) in [6.07, 6.45) is 5.37. The molecule has 5 nitrogen and oxygen atoms in total. The van der Waals surface area contributed by atoms with E-state index < -0.39 is 0 Å². The second kappa shape index (κ2) is 8.16. The highest BCUT2D eigenvalue weighted by Crippen LogP contribution is 2.43. The third kappa shape index (κ3) is 3.46. The number of piperidine rings is 2. The molecule has 1 aromatic carbocycles. The van der Waals surface area contributed by atoms with Crippen molar-refractivity contribution < 1.29 is 14.3 Å². The van der Waals surface area contributed by atoms with Gasteiger partial charge in [0.25, 0.3) is 5.91 Å². The van der Waals surface area contributed by atoms with E-state index in [1.54, 1.807) is 4.90 Å². The number of nitrogens with zero attached hydrogens (tertiary/aromatic N) is 2. The SMILES string of the molecule is O=C(C1CCCCN1C(=O)c1ccccc1)N1CCC2(CC1)OCCc1sccc12. The van der Waals surface area contributed by atoms with Gasteiger partial charge in [-0.05, 0) is 61.2 Å². The van der Waals surface area contributed by atoms with Crippen molar-refractivity contribution >= 4 is 23.2 Å². The van der Waals surface area contributed by atoms with E-state index in [0.29, 0.717) is 25.2 Å². The number of fused-ring (bicyclic) bond motifs is 2. The second-order valence-corrected chi connectivity index (χ2v) is 9.55. The van der Waals surface area contributed by atoms with Gasteiger partial charge in [-0.2, -0.15) is 0 Å². The third-order valence-corrected chi connectivity index (χ3v) is 7.88. The van der Waals surface area contributed by atoms with Crippen LogP contribution in [0.4, 0.5) is 0 Å². The van der Waals surface area contributed by atoms with Crippen LogP contribution in [0.25, 0.3) is 0 Å². The lowest BCUT2D eigenvalue weighted by atomic mass is 9.82. The molecular weight excluding hydrogens is 396 g/mol. The smallest absolute Gasteiger partial charge is 0.254 e. The number of likely N-dealkylation sites (tertiary alicyclic amines) is 2. The normalized spacial score (nSPS) is 23.3. The van der Waals surface area contributed by atoms with E-state index in [1.165, 1.54) is 10.4 Å². The highest BCUT2D eigenvalue weighted by molar-refractivity contribution is 7.10. The summed E-state index contributed by atoms with van der Waals surface area (Å²) in [5.41, 5.74) is 1.77. The molecule has 1 spiro atoms. The second-order valence-electron chi connectivity index (χ2n) is 8.55. The van der Waals surface area contributed by atoms with Crippen LogP contribution in [0.3, 0.4) is 0 Å². The summed E-state index contributed by atoms with van der Waals surface area (Å²) in [6, 6.07) is 11.2. The standard InChI is InChI=1S/C24H28N2O3S/c27-22(18-6-2-1-3-7-18)26-13-5-4-8-20(26)23(28)25-14-11-24(12-15-25)19-10-17-30-21(19)9-16-29-24/h1-3,6-7,10,17,20H,4-5,8-9,11-16H2. The van der Waals surface area contributed by atoms with Gasteiger partial charge in [0, 0.05) is 36.5 Å². The van der Waals surface area contributed by atoms with Crippen molar-refractivity contribution in [3.05, 3.63) is 57.8 Å². The van der Waals surface area contributed by atoms with Gasteiger partial charge < -0.3 is 14.5 Å². The number of carbonyl (C=O) groups excluding carboxylic acids is 2. The molecule has 2 saturated heterocycles.